The molecule has 3 rings (SSSR count). The number of phenolic OH excluding ortho intramolecular Hbond substituents is 1. The molecule has 0 atom stereocenters. The molecule has 0 aliphatic carbocycles. The summed E-state index contributed by atoms with van der Waals surface area (Å²) in [6.45, 7) is 6.79. The van der Waals surface area contributed by atoms with E-state index in [0.29, 0.717) is 5.75 Å². The first-order chi connectivity index (χ1) is 13.7. The van der Waals surface area contributed by atoms with Gasteiger partial charge < -0.3 is 25.8 Å². The highest BCUT2D eigenvalue weighted by Gasteiger charge is 2.41. The smallest absolute Gasteiger partial charge is 0.125 e. The van der Waals surface area contributed by atoms with Gasteiger partial charge in [-0.1, -0.05) is 25.1 Å². The van der Waals surface area contributed by atoms with Crippen molar-refractivity contribution in [2.24, 2.45) is 0 Å². The lowest BCUT2D eigenvalue weighted by atomic mass is 9.78. The highest BCUT2D eigenvalue weighted by molar-refractivity contribution is 7.98. The van der Waals surface area contributed by atoms with E-state index in [0.717, 1.165) is 69.6 Å². The van der Waals surface area contributed by atoms with E-state index in [1.807, 2.05) is 25.0 Å². The minimum absolute atomic E-state index is 0.242. The van der Waals surface area contributed by atoms with Crippen molar-refractivity contribution in [3.8, 4) is 5.75 Å². The molecule has 2 aliphatic rings. The van der Waals surface area contributed by atoms with Crippen molar-refractivity contribution >= 4 is 11.8 Å². The van der Waals surface area contributed by atoms with Gasteiger partial charge in [0.05, 0.1) is 12.2 Å². The number of likely N-dealkylation sites (N-methyl/N-ethyl adjacent to an activating group) is 1. The van der Waals surface area contributed by atoms with Gasteiger partial charge in [-0.15, -0.1) is 0 Å². The third kappa shape index (κ3) is 6.14. The molecular weight excluding hydrogens is 370 g/mol. The second-order valence-electron chi connectivity index (χ2n) is 7.21. The molecule has 1 fully saturated rings. The van der Waals surface area contributed by atoms with Crippen molar-refractivity contribution in [3.63, 3.8) is 0 Å². The first kappa shape index (κ1) is 23.1. The number of hydrogen-bond acceptors (Lipinski definition) is 6. The van der Waals surface area contributed by atoms with Gasteiger partial charge in [-0.25, -0.2) is 0 Å². The van der Waals surface area contributed by atoms with Crippen molar-refractivity contribution < 1.29 is 9.84 Å². The van der Waals surface area contributed by atoms with Crippen LogP contribution in [0.1, 0.15) is 36.5 Å². The zero-order valence-corrected chi connectivity index (χ0v) is 18.5. The summed E-state index contributed by atoms with van der Waals surface area (Å²) >= 11 is 1.85. The van der Waals surface area contributed by atoms with Gasteiger partial charge in [0, 0.05) is 24.4 Å². The normalized spacial score (nSPS) is 17.8. The zero-order chi connectivity index (χ0) is 20.2. The molecule has 1 saturated heterocycles. The van der Waals surface area contributed by atoms with Gasteiger partial charge in [0.15, 0.2) is 0 Å². The Balaban J connectivity index is 0.000000242. The average Bonchev–Trinajstić information content (AvgIpc) is 2.72. The van der Waals surface area contributed by atoms with Crippen molar-refractivity contribution in [2.45, 2.75) is 38.2 Å². The molecule has 0 aromatic heterocycles. The van der Waals surface area contributed by atoms with Crippen LogP contribution in [0.25, 0.3) is 0 Å². The molecule has 1 spiro atoms. The molecular formula is C22H37N3O2S. The monoisotopic (exact) mass is 407 g/mol. The predicted molar refractivity (Wildman–Crippen MR) is 120 cm³/mol. The summed E-state index contributed by atoms with van der Waals surface area (Å²) in [5.41, 5.74) is 3.15. The first-order valence-electron chi connectivity index (χ1n) is 10.4. The molecule has 1 aromatic carbocycles. The molecule has 6 heteroatoms. The minimum atomic E-state index is -0.242. The van der Waals surface area contributed by atoms with E-state index in [4.69, 9.17) is 4.74 Å². The maximum Gasteiger partial charge on any atom is 0.125 e. The van der Waals surface area contributed by atoms with Gasteiger partial charge in [-0.2, -0.15) is 11.8 Å². The Labute approximate surface area is 174 Å². The summed E-state index contributed by atoms with van der Waals surface area (Å²) in [5.74, 6) is 1.65. The van der Waals surface area contributed by atoms with E-state index in [1.54, 1.807) is 0 Å². The van der Waals surface area contributed by atoms with E-state index in [1.165, 1.54) is 11.3 Å². The molecule has 1 aromatic rings. The van der Waals surface area contributed by atoms with Gasteiger partial charge in [-0.3, -0.25) is 0 Å². The number of thioether (sulfide) groups is 1. The van der Waals surface area contributed by atoms with Gasteiger partial charge >= 0.3 is 0 Å². The summed E-state index contributed by atoms with van der Waals surface area (Å²) in [5, 5.41) is 20.1. The first-order valence-corrected chi connectivity index (χ1v) is 11.8. The molecule has 28 heavy (non-hydrogen) atoms. The number of benzene rings is 1. The Morgan fingerprint density at radius 2 is 2.11 bits per heavy atom. The fourth-order valence-electron chi connectivity index (χ4n) is 3.84. The van der Waals surface area contributed by atoms with Gasteiger partial charge in [0.2, 0.25) is 0 Å². The number of rotatable bonds is 7. The predicted octanol–water partition coefficient (Wildman–Crippen LogP) is 2.78. The Kier molecular flexibility index (Phi) is 10.2. The van der Waals surface area contributed by atoms with E-state index in [2.05, 4.69) is 47.3 Å². The molecule has 4 N–H and O–H groups in total. The van der Waals surface area contributed by atoms with E-state index < -0.39 is 0 Å². The third-order valence-electron chi connectivity index (χ3n) is 5.35. The van der Waals surface area contributed by atoms with Crippen LogP contribution in [0.3, 0.4) is 0 Å². The molecule has 158 valence electrons. The summed E-state index contributed by atoms with van der Waals surface area (Å²) in [6.07, 6.45) is 9.88. The van der Waals surface area contributed by atoms with Crippen LogP contribution < -0.4 is 16.0 Å². The number of fused-ring (bicyclic) bond motifs is 2. The van der Waals surface area contributed by atoms with Crippen LogP contribution in [-0.2, 0) is 23.2 Å². The lowest BCUT2D eigenvalue weighted by molar-refractivity contribution is -0.0815. The highest BCUT2D eigenvalue weighted by Crippen LogP contribution is 2.45. The van der Waals surface area contributed by atoms with Crippen LogP contribution in [0.15, 0.2) is 24.4 Å². The molecule has 2 heterocycles. The molecule has 2 aliphatic heterocycles. The Hall–Kier alpha value is -1.21. The standard InChI is InChI=1S/C15H21NO2.C7H16N2S/c1-2-11-3-4-12-5-10-18-15(13(12)14(11)17)6-8-16-9-7-15;1-8-4-3-5-9-6-7-10-2/h3-4,16-17H,2,5-10H2,1H3;3,5,8-9H,4,6-7H2,1-2H3/b;5-3-. The van der Waals surface area contributed by atoms with Gasteiger partial charge in [-0.05, 0) is 69.4 Å². The molecule has 5 nitrogen and oxygen atoms in total. The van der Waals surface area contributed by atoms with Crippen molar-refractivity contribution in [3.05, 3.63) is 41.1 Å². The fraction of sp³-hybridized carbons (Fsp3) is 0.636. The van der Waals surface area contributed by atoms with Crippen molar-refractivity contribution in [1.29, 1.82) is 0 Å². The second kappa shape index (κ2) is 12.4. The second-order valence-corrected chi connectivity index (χ2v) is 8.20. The highest BCUT2D eigenvalue weighted by atomic mass is 32.2. The van der Waals surface area contributed by atoms with Crippen molar-refractivity contribution in [1.82, 2.24) is 16.0 Å². The number of piperidine rings is 1. The topological polar surface area (TPSA) is 65.5 Å². The third-order valence-corrected chi connectivity index (χ3v) is 5.97. The van der Waals surface area contributed by atoms with E-state index in [9.17, 15) is 5.11 Å². The number of nitrogens with one attached hydrogen (secondary N) is 3. The Morgan fingerprint density at radius 1 is 1.32 bits per heavy atom. The van der Waals surface area contributed by atoms with Crippen LogP contribution >= 0.6 is 11.8 Å². The SMILES string of the molecule is CCc1ccc2c(c1O)C1(CCNCC1)OCC2.CNC/C=C\NCCSC. The number of aromatic hydroxyl groups is 1. The number of aryl methyl sites for hydroxylation is 1. The summed E-state index contributed by atoms with van der Waals surface area (Å²) in [7, 11) is 1.94. The number of phenols is 1. The summed E-state index contributed by atoms with van der Waals surface area (Å²) in [6, 6.07) is 4.24. The van der Waals surface area contributed by atoms with Crippen LogP contribution in [0.5, 0.6) is 5.75 Å². The van der Waals surface area contributed by atoms with E-state index >= 15 is 0 Å². The minimum Gasteiger partial charge on any atom is -0.507 e. The molecule has 0 bridgehead atoms. The quantitative estimate of drug-likeness (QED) is 0.521. The number of ether oxygens (including phenoxy) is 1. The largest absolute Gasteiger partial charge is 0.507 e. The maximum absolute atomic E-state index is 10.6. The van der Waals surface area contributed by atoms with Gasteiger partial charge in [0.25, 0.3) is 0 Å². The molecule has 0 saturated carbocycles. The lowest BCUT2D eigenvalue weighted by Crippen LogP contribution is -2.44. The average molecular weight is 408 g/mol. The van der Waals surface area contributed by atoms with Crippen molar-refractivity contribution in [2.75, 3.05) is 51.8 Å². The summed E-state index contributed by atoms with van der Waals surface area (Å²) < 4.78 is 6.11. The van der Waals surface area contributed by atoms with Crippen LogP contribution in [0.4, 0.5) is 0 Å². The maximum atomic E-state index is 10.6. The van der Waals surface area contributed by atoms with Crippen LogP contribution in [0.2, 0.25) is 0 Å². The Morgan fingerprint density at radius 3 is 2.79 bits per heavy atom. The summed E-state index contributed by atoms with van der Waals surface area (Å²) in [4.78, 5) is 0. The fourth-order valence-corrected chi connectivity index (χ4v) is 4.16. The lowest BCUT2D eigenvalue weighted by Gasteiger charge is -2.42. The van der Waals surface area contributed by atoms with Crippen LogP contribution in [-0.4, -0.2) is 56.9 Å². The molecule has 0 radical (unpaired) electrons. The number of hydrogen-bond donors (Lipinski definition) is 4. The van der Waals surface area contributed by atoms with Gasteiger partial charge in [0.1, 0.15) is 5.75 Å². The zero-order valence-electron chi connectivity index (χ0n) is 17.6. The molecule has 0 unspecified atom stereocenters. The van der Waals surface area contributed by atoms with Crippen LogP contribution in [0, 0.1) is 0 Å². The molecule has 0 amide bonds. The van der Waals surface area contributed by atoms with E-state index in [-0.39, 0.29) is 5.60 Å². The Bertz CT molecular complexity index is 616.